The van der Waals surface area contributed by atoms with Crippen molar-refractivity contribution in [3.63, 3.8) is 0 Å². The van der Waals surface area contributed by atoms with Crippen molar-refractivity contribution in [2.75, 3.05) is 0 Å². The van der Waals surface area contributed by atoms with E-state index in [1.54, 1.807) is 30.3 Å². The Morgan fingerprint density at radius 1 is 1.10 bits per heavy atom. The van der Waals surface area contributed by atoms with Crippen LogP contribution < -0.4 is 11.2 Å². The predicted molar refractivity (Wildman–Crippen MR) is 72.4 cm³/mol. The first-order valence-corrected chi connectivity index (χ1v) is 5.98. The van der Waals surface area contributed by atoms with E-state index >= 15 is 0 Å². The predicted octanol–water partition coefficient (Wildman–Crippen LogP) is 0.0517. The van der Waals surface area contributed by atoms with E-state index in [0.717, 1.165) is 4.57 Å². The molecule has 0 fully saturated rings. The Kier molecular flexibility index (Phi) is 2.72. The summed E-state index contributed by atoms with van der Waals surface area (Å²) >= 11 is 0. The van der Waals surface area contributed by atoms with E-state index in [9.17, 15) is 19.9 Å². The first kappa shape index (κ1) is 12.9. The van der Waals surface area contributed by atoms with Crippen molar-refractivity contribution in [2.45, 2.75) is 0 Å². The van der Waals surface area contributed by atoms with E-state index in [1.165, 1.54) is 7.05 Å². The molecule has 0 radical (unpaired) electrons. The van der Waals surface area contributed by atoms with Crippen molar-refractivity contribution < 1.29 is 10.3 Å². The van der Waals surface area contributed by atoms with Crippen LogP contribution in [0.15, 0.2) is 39.9 Å². The van der Waals surface area contributed by atoms with Crippen LogP contribution in [0.2, 0.25) is 0 Å². The van der Waals surface area contributed by atoms with Crippen molar-refractivity contribution >= 4 is 0 Å². The summed E-state index contributed by atoms with van der Waals surface area (Å²) in [5.74, 6) is -0.839. The summed E-state index contributed by atoms with van der Waals surface area (Å²) in [4.78, 5) is 30.9. The molecular weight excluding hydrogens is 276 g/mol. The zero-order valence-electron chi connectivity index (χ0n) is 10.9. The molecule has 0 atom stereocenters. The van der Waals surface area contributed by atoms with E-state index in [1.807, 2.05) is 0 Å². The van der Waals surface area contributed by atoms with Crippen LogP contribution in [0.5, 0.6) is 5.88 Å². The minimum atomic E-state index is -0.818. The number of fused-ring (bicyclic) bond motifs is 1. The van der Waals surface area contributed by atoms with Crippen molar-refractivity contribution in [1.82, 2.24) is 19.3 Å². The third kappa shape index (κ3) is 1.84. The van der Waals surface area contributed by atoms with Crippen molar-refractivity contribution in [2.24, 2.45) is 7.05 Å². The molecule has 8 heteroatoms. The Balaban J connectivity index is 2.46. The molecule has 0 spiro atoms. The molecule has 0 aromatic heterocycles. The second-order valence-corrected chi connectivity index (χ2v) is 4.39. The Labute approximate surface area is 117 Å². The summed E-state index contributed by atoms with van der Waals surface area (Å²) in [6, 6.07) is 8.44. The molecule has 0 unspecified atom stereocenters. The first-order chi connectivity index (χ1) is 10.0. The number of rotatable bonds is 1. The highest BCUT2D eigenvalue weighted by atomic mass is 16.5. The number of hydrogen-bond donors (Lipinski definition) is 2. The summed E-state index contributed by atoms with van der Waals surface area (Å²) < 4.78 is 1.24. The van der Waals surface area contributed by atoms with Gasteiger partial charge >= 0.3 is 5.69 Å². The van der Waals surface area contributed by atoms with Gasteiger partial charge < -0.3 is 10.3 Å². The molecule has 0 saturated carbocycles. The molecule has 2 aliphatic rings. The van der Waals surface area contributed by atoms with Crippen molar-refractivity contribution in [1.29, 1.82) is 0 Å². The van der Waals surface area contributed by atoms with Gasteiger partial charge in [0.2, 0.25) is 11.7 Å². The topological polar surface area (TPSA) is 110 Å². The molecule has 1 aromatic rings. The van der Waals surface area contributed by atoms with Crippen molar-refractivity contribution in [3.05, 3.63) is 51.2 Å². The molecule has 8 nitrogen and oxygen atoms in total. The van der Waals surface area contributed by atoms with E-state index in [-0.39, 0.29) is 17.2 Å². The van der Waals surface area contributed by atoms with Crippen LogP contribution in [0.4, 0.5) is 0 Å². The second-order valence-electron chi connectivity index (χ2n) is 4.39. The van der Waals surface area contributed by atoms with Crippen LogP contribution in [0, 0.1) is 0 Å². The average molecular weight is 286 g/mol. The van der Waals surface area contributed by atoms with Gasteiger partial charge in [-0.15, -0.1) is 0 Å². The largest absolute Gasteiger partial charge is 0.492 e. The standard InChI is InChI=1S/C13H10N4O4/c1-16-12(19)8-10(15-13(16)20)17(21)9(11(18)14-8)7-5-3-2-4-6-7/h2-6,18,21H,1H3. The molecule has 0 saturated heterocycles. The number of benzene rings is 1. The molecule has 0 amide bonds. The SMILES string of the molecule is Cn1c(=O)nc2n(O)c(-c3ccccc3)c(O)nc-2c1=O. The third-order valence-electron chi connectivity index (χ3n) is 3.10. The summed E-state index contributed by atoms with van der Waals surface area (Å²) in [5, 5.41) is 20.2. The maximum atomic E-state index is 11.9. The minimum absolute atomic E-state index is 0.0525. The average Bonchev–Trinajstić information content (AvgIpc) is 2.48. The fourth-order valence-electron chi connectivity index (χ4n) is 2.01. The van der Waals surface area contributed by atoms with E-state index in [0.29, 0.717) is 10.3 Å². The fourth-order valence-corrected chi connectivity index (χ4v) is 2.01. The van der Waals surface area contributed by atoms with Crippen molar-refractivity contribution in [3.8, 4) is 28.7 Å². The van der Waals surface area contributed by atoms with Crippen LogP contribution in [0.3, 0.4) is 0 Å². The molecule has 2 aliphatic heterocycles. The number of aromatic hydroxyl groups is 1. The van der Waals surface area contributed by atoms with Gasteiger partial charge in [0, 0.05) is 12.6 Å². The van der Waals surface area contributed by atoms with Gasteiger partial charge in [-0.05, 0) is 0 Å². The highest BCUT2D eigenvalue weighted by Crippen LogP contribution is 2.30. The molecular formula is C13H10N4O4. The van der Waals surface area contributed by atoms with Crippen LogP contribution in [-0.2, 0) is 7.05 Å². The van der Waals surface area contributed by atoms with Gasteiger partial charge in [-0.1, -0.05) is 30.3 Å². The fraction of sp³-hybridized carbons (Fsp3) is 0.0769. The summed E-state index contributed by atoms with van der Waals surface area (Å²) in [6.45, 7) is 0. The molecule has 3 rings (SSSR count). The quantitative estimate of drug-likeness (QED) is 0.612. The molecule has 0 aliphatic carbocycles. The van der Waals surface area contributed by atoms with Gasteiger partial charge in [0.1, 0.15) is 0 Å². The van der Waals surface area contributed by atoms with Gasteiger partial charge in [-0.2, -0.15) is 9.71 Å². The van der Waals surface area contributed by atoms with Gasteiger partial charge in [-0.25, -0.2) is 9.78 Å². The smallest absolute Gasteiger partial charge is 0.352 e. The summed E-state index contributed by atoms with van der Waals surface area (Å²) in [6.07, 6.45) is 0. The first-order valence-electron chi connectivity index (χ1n) is 5.98. The van der Waals surface area contributed by atoms with Gasteiger partial charge in [0.05, 0.1) is 0 Å². The van der Waals surface area contributed by atoms with Crippen LogP contribution in [0.25, 0.3) is 22.8 Å². The Morgan fingerprint density at radius 2 is 1.76 bits per heavy atom. The second kappa shape index (κ2) is 4.44. The molecule has 2 N–H and O–H groups in total. The lowest BCUT2D eigenvalue weighted by Crippen LogP contribution is -2.36. The number of nitrogens with zero attached hydrogens (tertiary/aromatic N) is 4. The Bertz CT molecular complexity index is 914. The third-order valence-corrected chi connectivity index (χ3v) is 3.10. The van der Waals surface area contributed by atoms with Gasteiger partial charge in [0.25, 0.3) is 5.56 Å². The van der Waals surface area contributed by atoms with Crippen LogP contribution in [-0.4, -0.2) is 29.6 Å². The zero-order chi connectivity index (χ0) is 15.1. The Morgan fingerprint density at radius 3 is 2.43 bits per heavy atom. The maximum Gasteiger partial charge on any atom is 0.352 e. The number of hydrogen-bond acceptors (Lipinski definition) is 6. The van der Waals surface area contributed by atoms with Crippen LogP contribution >= 0.6 is 0 Å². The van der Waals surface area contributed by atoms with Gasteiger partial charge in [0.15, 0.2) is 11.4 Å². The lowest BCUT2D eigenvalue weighted by atomic mass is 10.1. The molecule has 1 aromatic carbocycles. The summed E-state index contributed by atoms with van der Waals surface area (Å²) in [7, 11) is 1.24. The van der Waals surface area contributed by atoms with E-state index < -0.39 is 17.1 Å². The molecule has 21 heavy (non-hydrogen) atoms. The molecule has 2 heterocycles. The monoisotopic (exact) mass is 286 g/mol. The van der Waals surface area contributed by atoms with E-state index in [2.05, 4.69) is 9.97 Å². The molecule has 106 valence electrons. The normalized spacial score (nSPS) is 10.9. The zero-order valence-corrected chi connectivity index (χ0v) is 10.9. The minimum Gasteiger partial charge on any atom is -0.492 e. The number of aromatic nitrogens is 4. The van der Waals surface area contributed by atoms with Crippen LogP contribution in [0.1, 0.15) is 0 Å². The highest BCUT2D eigenvalue weighted by Gasteiger charge is 2.24. The lowest BCUT2D eigenvalue weighted by Gasteiger charge is -2.14. The summed E-state index contributed by atoms with van der Waals surface area (Å²) in [5.41, 5.74) is -1.45. The van der Waals surface area contributed by atoms with Gasteiger partial charge in [-0.3, -0.25) is 9.36 Å². The molecule has 0 bridgehead atoms. The lowest BCUT2D eigenvalue weighted by molar-refractivity contribution is 0.186. The highest BCUT2D eigenvalue weighted by molar-refractivity contribution is 5.68. The maximum absolute atomic E-state index is 11.9. The van der Waals surface area contributed by atoms with E-state index in [4.69, 9.17) is 0 Å². The Hall–Kier alpha value is -3.16.